The molecule has 2 heterocycles. The second-order valence-corrected chi connectivity index (χ2v) is 14.5. The Labute approximate surface area is 330 Å². The lowest BCUT2D eigenvalue weighted by Gasteiger charge is -2.26. The van der Waals surface area contributed by atoms with E-state index in [0.29, 0.717) is 0 Å². The van der Waals surface area contributed by atoms with Crippen molar-refractivity contribution in [2.75, 3.05) is 4.90 Å². The lowest BCUT2D eigenvalue weighted by atomic mass is 9.99. The van der Waals surface area contributed by atoms with Gasteiger partial charge in [-0.15, -0.1) is 0 Å². The number of para-hydroxylation sites is 3. The normalized spacial score (nSPS) is 11.5. The zero-order valence-electron chi connectivity index (χ0n) is 31.1. The summed E-state index contributed by atoms with van der Waals surface area (Å²) in [5.74, 6) is 0. The summed E-state index contributed by atoms with van der Waals surface area (Å²) in [4.78, 5) is 2.36. The summed E-state index contributed by atoms with van der Waals surface area (Å²) in [7, 11) is 0. The third kappa shape index (κ3) is 5.68. The Morgan fingerprint density at radius 1 is 0.333 bits per heavy atom. The van der Waals surface area contributed by atoms with E-state index in [1.165, 1.54) is 44.1 Å². The lowest BCUT2D eigenvalue weighted by molar-refractivity contribution is 0.669. The predicted octanol–water partition coefficient (Wildman–Crippen LogP) is 15.2. The predicted molar refractivity (Wildman–Crippen MR) is 239 cm³/mol. The number of aromatic nitrogens is 1. The molecule has 9 aromatic carbocycles. The Kier molecular flexibility index (Phi) is 7.82. The molecule has 0 radical (unpaired) electrons. The van der Waals surface area contributed by atoms with E-state index < -0.39 is 0 Å². The average Bonchev–Trinajstić information content (AvgIpc) is 3.84. The van der Waals surface area contributed by atoms with Crippen LogP contribution in [-0.4, -0.2) is 4.57 Å². The van der Waals surface area contributed by atoms with Crippen LogP contribution in [0.2, 0.25) is 0 Å². The number of anilines is 3. The molecule has 0 aliphatic carbocycles. The second kappa shape index (κ2) is 13.6. The van der Waals surface area contributed by atoms with E-state index in [2.05, 4.69) is 216 Å². The summed E-state index contributed by atoms with van der Waals surface area (Å²) in [6, 6.07) is 78.1. The zero-order chi connectivity index (χ0) is 37.7. The van der Waals surface area contributed by atoms with E-state index >= 15 is 0 Å². The Hall–Kier alpha value is -7.62. The van der Waals surface area contributed by atoms with Gasteiger partial charge in [-0.2, -0.15) is 0 Å². The molecule has 2 aromatic heterocycles. The Morgan fingerprint density at radius 2 is 0.825 bits per heavy atom. The molecule has 0 N–H and O–H groups in total. The molecule has 57 heavy (non-hydrogen) atoms. The first-order valence-electron chi connectivity index (χ1n) is 19.4. The molecule has 0 saturated carbocycles. The lowest BCUT2D eigenvalue weighted by Crippen LogP contribution is -2.10. The first-order valence-corrected chi connectivity index (χ1v) is 19.4. The van der Waals surface area contributed by atoms with Gasteiger partial charge in [-0.1, -0.05) is 152 Å². The van der Waals surface area contributed by atoms with Crippen LogP contribution in [0.3, 0.4) is 0 Å². The summed E-state index contributed by atoms with van der Waals surface area (Å²) in [5, 5.41) is 4.77. The van der Waals surface area contributed by atoms with Gasteiger partial charge in [-0.05, 0) is 100 Å². The van der Waals surface area contributed by atoms with Gasteiger partial charge in [-0.3, -0.25) is 0 Å². The number of furan rings is 1. The third-order valence-electron chi connectivity index (χ3n) is 11.2. The van der Waals surface area contributed by atoms with E-state index in [-0.39, 0.29) is 0 Å². The molecule has 0 unspecified atom stereocenters. The van der Waals surface area contributed by atoms with Crippen LogP contribution in [0.1, 0.15) is 0 Å². The molecule has 0 aliphatic heterocycles. The van der Waals surface area contributed by atoms with Crippen LogP contribution in [0, 0.1) is 0 Å². The topological polar surface area (TPSA) is 21.3 Å². The van der Waals surface area contributed by atoms with Crippen molar-refractivity contribution in [1.29, 1.82) is 0 Å². The number of rotatable bonds is 7. The first kappa shape index (κ1) is 32.8. The minimum atomic E-state index is 0.899. The third-order valence-corrected chi connectivity index (χ3v) is 11.2. The van der Waals surface area contributed by atoms with E-state index in [4.69, 9.17) is 4.42 Å². The first-order chi connectivity index (χ1) is 28.3. The summed E-state index contributed by atoms with van der Waals surface area (Å²) in [6.07, 6.45) is 0. The molecule has 3 nitrogen and oxygen atoms in total. The van der Waals surface area contributed by atoms with Crippen molar-refractivity contribution < 1.29 is 4.42 Å². The summed E-state index contributed by atoms with van der Waals surface area (Å²) < 4.78 is 8.63. The fraction of sp³-hybridized carbons (Fsp3) is 0. The minimum Gasteiger partial charge on any atom is -0.456 e. The summed E-state index contributed by atoms with van der Waals surface area (Å²) >= 11 is 0. The van der Waals surface area contributed by atoms with Gasteiger partial charge in [-0.25, -0.2) is 0 Å². The number of hydrogen-bond donors (Lipinski definition) is 0. The number of hydrogen-bond acceptors (Lipinski definition) is 2. The van der Waals surface area contributed by atoms with Crippen molar-refractivity contribution >= 4 is 60.8 Å². The van der Waals surface area contributed by atoms with Gasteiger partial charge in [0.25, 0.3) is 0 Å². The van der Waals surface area contributed by atoms with Gasteiger partial charge in [0, 0.05) is 44.3 Å². The van der Waals surface area contributed by atoms with E-state index in [1.807, 2.05) is 12.1 Å². The van der Waals surface area contributed by atoms with Crippen LogP contribution in [0.5, 0.6) is 0 Å². The molecule has 0 atom stereocenters. The molecule has 0 aliphatic rings. The number of nitrogens with zero attached hydrogens (tertiary/aromatic N) is 2. The van der Waals surface area contributed by atoms with Crippen LogP contribution < -0.4 is 4.90 Å². The summed E-state index contributed by atoms with van der Waals surface area (Å²) in [6.45, 7) is 0. The molecular weight excluding hydrogens is 693 g/mol. The van der Waals surface area contributed by atoms with E-state index in [0.717, 1.165) is 55.8 Å². The van der Waals surface area contributed by atoms with Crippen LogP contribution in [0.4, 0.5) is 17.1 Å². The molecule has 0 spiro atoms. The van der Waals surface area contributed by atoms with Crippen LogP contribution >= 0.6 is 0 Å². The van der Waals surface area contributed by atoms with Gasteiger partial charge >= 0.3 is 0 Å². The fourth-order valence-corrected chi connectivity index (χ4v) is 8.51. The SMILES string of the molecule is c1ccc(-c2ccc(-c3ccc(N(c4ccc(-c5cccc6oc7ccccc7c56)cc4)c4cccc(-n5c6ccccc6c6ccccc65)c4)cc3)cc2)cc1. The fourth-order valence-electron chi connectivity index (χ4n) is 8.51. The van der Waals surface area contributed by atoms with Gasteiger partial charge in [0.15, 0.2) is 0 Å². The molecule has 3 heteroatoms. The maximum atomic E-state index is 6.24. The molecule has 11 rings (SSSR count). The van der Waals surface area contributed by atoms with Crippen molar-refractivity contribution in [3.63, 3.8) is 0 Å². The van der Waals surface area contributed by atoms with Gasteiger partial charge < -0.3 is 13.9 Å². The van der Waals surface area contributed by atoms with Gasteiger partial charge in [0.1, 0.15) is 11.2 Å². The second-order valence-electron chi connectivity index (χ2n) is 14.5. The Bertz CT molecular complexity index is 3160. The van der Waals surface area contributed by atoms with Crippen molar-refractivity contribution in [2.45, 2.75) is 0 Å². The van der Waals surface area contributed by atoms with Gasteiger partial charge in [0.05, 0.1) is 11.0 Å². The molecule has 0 fully saturated rings. The zero-order valence-corrected chi connectivity index (χ0v) is 31.1. The van der Waals surface area contributed by atoms with Crippen molar-refractivity contribution in [2.24, 2.45) is 0 Å². The van der Waals surface area contributed by atoms with Crippen LogP contribution in [0.15, 0.2) is 223 Å². The maximum Gasteiger partial charge on any atom is 0.136 e. The minimum absolute atomic E-state index is 0.899. The average molecular weight is 729 g/mol. The highest BCUT2D eigenvalue weighted by Gasteiger charge is 2.18. The molecule has 0 saturated heterocycles. The quantitative estimate of drug-likeness (QED) is 0.163. The van der Waals surface area contributed by atoms with Crippen LogP contribution in [0.25, 0.3) is 82.8 Å². The van der Waals surface area contributed by atoms with Crippen molar-refractivity contribution in [3.05, 3.63) is 218 Å². The Balaban J connectivity index is 1.02. The molecule has 0 amide bonds. The number of fused-ring (bicyclic) bond motifs is 6. The summed E-state index contributed by atoms with van der Waals surface area (Å²) in [5.41, 5.74) is 15.6. The highest BCUT2D eigenvalue weighted by Crippen LogP contribution is 2.41. The molecular formula is C54H36N2O. The maximum absolute atomic E-state index is 6.24. The van der Waals surface area contributed by atoms with Crippen LogP contribution in [-0.2, 0) is 0 Å². The molecule has 0 bridgehead atoms. The largest absolute Gasteiger partial charge is 0.456 e. The van der Waals surface area contributed by atoms with E-state index in [1.54, 1.807) is 0 Å². The monoisotopic (exact) mass is 728 g/mol. The molecule has 11 aromatic rings. The highest BCUT2D eigenvalue weighted by molar-refractivity contribution is 6.12. The van der Waals surface area contributed by atoms with Gasteiger partial charge in [0.2, 0.25) is 0 Å². The van der Waals surface area contributed by atoms with Crippen molar-refractivity contribution in [1.82, 2.24) is 4.57 Å². The Morgan fingerprint density at radius 3 is 1.47 bits per heavy atom. The molecule has 268 valence electrons. The standard InChI is InChI=1S/C54H36N2O/c1-2-12-37(13-3-1)38-24-26-39(27-25-38)40-28-32-42(33-29-40)55(43-34-30-41(31-35-43)46-19-11-23-53-54(46)49-18-6-9-22-52(49)57-53)44-14-10-15-45(36-44)56-50-20-7-4-16-47(50)48-17-5-8-21-51(48)56/h1-36H. The van der Waals surface area contributed by atoms with Crippen molar-refractivity contribution in [3.8, 4) is 39.1 Å². The smallest absolute Gasteiger partial charge is 0.136 e. The highest BCUT2D eigenvalue weighted by atomic mass is 16.3. The number of benzene rings is 9. The van der Waals surface area contributed by atoms with E-state index in [9.17, 15) is 0 Å².